The van der Waals surface area contributed by atoms with E-state index in [4.69, 9.17) is 9.42 Å². The fraction of sp³-hybridized carbons (Fsp3) is 0.435. The highest BCUT2D eigenvalue weighted by molar-refractivity contribution is 6.74. The van der Waals surface area contributed by atoms with Crippen LogP contribution in [0.1, 0.15) is 45.7 Å². The van der Waals surface area contributed by atoms with E-state index in [1.165, 1.54) is 0 Å². The molecule has 2 rings (SSSR count). The SMILES string of the molecule is CC(C)(CO[Si](C)(C)C(C)(C)C)[15N]=C(c1ccccc1)c1ccccc1. The zero-order valence-electron chi connectivity index (χ0n) is 17.3. The van der Waals surface area contributed by atoms with Crippen LogP contribution in [0.3, 0.4) is 0 Å². The van der Waals surface area contributed by atoms with Crippen LogP contribution in [0, 0.1) is 0 Å². The Morgan fingerprint density at radius 3 is 1.62 bits per heavy atom. The van der Waals surface area contributed by atoms with Crippen LogP contribution < -0.4 is 0 Å². The van der Waals surface area contributed by atoms with Gasteiger partial charge >= 0.3 is 0 Å². The van der Waals surface area contributed by atoms with Gasteiger partial charge in [-0.3, -0.25) is 4.99 Å². The normalized spacial score (nSPS) is 12.7. The van der Waals surface area contributed by atoms with Crippen LogP contribution in [-0.4, -0.2) is 26.2 Å². The number of nitrogens with zero attached hydrogens (tertiary/aromatic N) is 1. The van der Waals surface area contributed by atoms with Gasteiger partial charge in [0, 0.05) is 11.1 Å². The molecule has 0 aliphatic carbocycles. The summed E-state index contributed by atoms with van der Waals surface area (Å²) in [6.45, 7) is 16.4. The van der Waals surface area contributed by atoms with Crippen LogP contribution in [0.5, 0.6) is 0 Å². The van der Waals surface area contributed by atoms with Crippen molar-refractivity contribution < 1.29 is 4.43 Å². The Morgan fingerprint density at radius 1 is 0.808 bits per heavy atom. The Hall–Kier alpha value is -1.71. The summed E-state index contributed by atoms with van der Waals surface area (Å²) in [5.74, 6) is 0. The van der Waals surface area contributed by atoms with Gasteiger partial charge in [-0.05, 0) is 32.0 Å². The Bertz CT molecular complexity index is 686. The number of hydrogen-bond donors (Lipinski definition) is 0. The van der Waals surface area contributed by atoms with Crippen molar-refractivity contribution in [3.05, 3.63) is 71.8 Å². The number of rotatable bonds is 6. The first-order valence-corrected chi connectivity index (χ1v) is 12.3. The summed E-state index contributed by atoms with van der Waals surface area (Å²) in [5.41, 5.74) is 3.00. The second-order valence-electron chi connectivity index (χ2n) is 9.05. The number of benzene rings is 2. The maximum absolute atomic E-state index is 6.46. The third-order valence-electron chi connectivity index (χ3n) is 5.10. The molecule has 0 heterocycles. The van der Waals surface area contributed by atoms with E-state index in [1.54, 1.807) is 0 Å². The minimum atomic E-state index is -1.79. The minimum absolute atomic E-state index is 0.203. The lowest BCUT2D eigenvalue weighted by molar-refractivity contribution is 0.224. The predicted molar refractivity (Wildman–Crippen MR) is 116 cm³/mol. The minimum Gasteiger partial charge on any atom is -0.414 e. The molecule has 140 valence electrons. The Morgan fingerprint density at radius 2 is 1.23 bits per heavy atom. The van der Waals surface area contributed by atoms with Crippen molar-refractivity contribution in [2.75, 3.05) is 6.61 Å². The van der Waals surface area contributed by atoms with Crippen LogP contribution in [0.15, 0.2) is 65.7 Å². The first-order chi connectivity index (χ1) is 12.0. The van der Waals surface area contributed by atoms with Gasteiger partial charge in [0.25, 0.3) is 0 Å². The predicted octanol–water partition coefficient (Wildman–Crippen LogP) is 6.32. The second kappa shape index (κ2) is 7.89. The Kier molecular flexibility index (Phi) is 6.25. The van der Waals surface area contributed by atoms with E-state index in [2.05, 4.69) is 96.2 Å². The molecule has 0 bridgehead atoms. The van der Waals surface area contributed by atoms with E-state index in [9.17, 15) is 0 Å². The average Bonchev–Trinajstić information content (AvgIpc) is 2.59. The lowest BCUT2D eigenvalue weighted by atomic mass is 10.0. The fourth-order valence-corrected chi connectivity index (χ4v) is 3.54. The molecule has 0 saturated carbocycles. The summed E-state index contributed by atoms with van der Waals surface area (Å²) in [5, 5.41) is 0.203. The molecular weight excluding hydrogens is 335 g/mol. The van der Waals surface area contributed by atoms with Gasteiger partial charge in [0.2, 0.25) is 0 Å². The summed E-state index contributed by atoms with van der Waals surface area (Å²) in [6, 6.07) is 20.8. The van der Waals surface area contributed by atoms with Crippen LogP contribution >= 0.6 is 0 Å². The largest absolute Gasteiger partial charge is 0.414 e. The highest BCUT2D eigenvalue weighted by Gasteiger charge is 2.38. The summed E-state index contributed by atoms with van der Waals surface area (Å²) >= 11 is 0. The average molecular weight is 369 g/mol. The lowest BCUT2D eigenvalue weighted by Gasteiger charge is -2.38. The zero-order valence-corrected chi connectivity index (χ0v) is 18.3. The molecule has 0 aliphatic heterocycles. The number of aliphatic imine (C=N–C) groups is 1. The van der Waals surface area contributed by atoms with Crippen molar-refractivity contribution in [1.82, 2.24) is 0 Å². The smallest absolute Gasteiger partial charge is 0.192 e. The summed E-state index contributed by atoms with van der Waals surface area (Å²) in [4.78, 5) is 5.15. The third-order valence-corrected chi connectivity index (χ3v) is 9.58. The third kappa shape index (κ3) is 5.39. The molecule has 0 aromatic heterocycles. The van der Waals surface area contributed by atoms with E-state index in [1.807, 2.05) is 12.1 Å². The van der Waals surface area contributed by atoms with Gasteiger partial charge in [-0.25, -0.2) is 0 Å². The van der Waals surface area contributed by atoms with Gasteiger partial charge in [-0.2, -0.15) is 0 Å². The Labute approximate surface area is 160 Å². The molecule has 2 nitrogen and oxygen atoms in total. The van der Waals surface area contributed by atoms with Crippen molar-refractivity contribution in [2.24, 2.45) is 4.99 Å². The van der Waals surface area contributed by atoms with Crippen molar-refractivity contribution in [3.8, 4) is 0 Å². The quantitative estimate of drug-likeness (QED) is 0.332. The van der Waals surface area contributed by atoms with E-state index < -0.39 is 8.32 Å². The van der Waals surface area contributed by atoms with Gasteiger partial charge < -0.3 is 4.43 Å². The number of hydrogen-bond acceptors (Lipinski definition) is 2. The molecule has 2 aromatic rings. The molecule has 3 heteroatoms. The zero-order chi connectivity index (χ0) is 19.4. The molecule has 26 heavy (non-hydrogen) atoms. The molecule has 2 aromatic carbocycles. The van der Waals surface area contributed by atoms with Crippen molar-refractivity contribution >= 4 is 14.0 Å². The monoisotopic (exact) mass is 368 g/mol. The maximum Gasteiger partial charge on any atom is 0.192 e. The van der Waals surface area contributed by atoms with Crippen molar-refractivity contribution in [2.45, 2.75) is 58.3 Å². The highest BCUT2D eigenvalue weighted by Crippen LogP contribution is 2.37. The van der Waals surface area contributed by atoms with E-state index >= 15 is 0 Å². The molecular formula is C23H33NOSi. The van der Waals surface area contributed by atoms with Gasteiger partial charge in [-0.1, -0.05) is 81.4 Å². The van der Waals surface area contributed by atoms with E-state index in [0.29, 0.717) is 6.61 Å². The molecule has 0 aliphatic rings. The standard InChI is InChI=1S/C23H33NOSi/c1-22(2,3)26(6,7)25-18-23(4,5)24-21(19-14-10-8-11-15-19)20-16-12-9-13-17-20/h8-17H,18H2,1-7H3/i24+1. The van der Waals surface area contributed by atoms with Gasteiger partial charge in [0.1, 0.15) is 0 Å². The lowest BCUT2D eigenvalue weighted by Crippen LogP contribution is -2.44. The molecule has 0 amide bonds. The summed E-state index contributed by atoms with van der Waals surface area (Å²) in [7, 11) is -1.79. The summed E-state index contributed by atoms with van der Waals surface area (Å²) in [6.07, 6.45) is 0. The molecule has 0 fully saturated rings. The maximum atomic E-state index is 6.46. The van der Waals surface area contributed by atoms with Crippen molar-refractivity contribution in [3.63, 3.8) is 0 Å². The van der Waals surface area contributed by atoms with Gasteiger partial charge in [0.05, 0.1) is 17.9 Å². The molecule has 0 saturated heterocycles. The molecule has 0 spiro atoms. The molecule has 0 atom stereocenters. The van der Waals surface area contributed by atoms with Crippen LogP contribution in [0.4, 0.5) is 0 Å². The van der Waals surface area contributed by atoms with Gasteiger partial charge in [0.15, 0.2) is 8.32 Å². The van der Waals surface area contributed by atoms with Crippen LogP contribution in [0.2, 0.25) is 18.1 Å². The topological polar surface area (TPSA) is 21.6 Å². The van der Waals surface area contributed by atoms with Gasteiger partial charge in [-0.15, -0.1) is 0 Å². The molecule has 0 unspecified atom stereocenters. The molecule has 0 radical (unpaired) electrons. The van der Waals surface area contributed by atoms with E-state index in [0.717, 1.165) is 16.8 Å². The summed E-state index contributed by atoms with van der Waals surface area (Å²) < 4.78 is 6.46. The highest BCUT2D eigenvalue weighted by atomic mass is 28.4. The first kappa shape index (κ1) is 20.6. The first-order valence-electron chi connectivity index (χ1n) is 9.36. The Balaban J connectivity index is 2.33. The fourth-order valence-electron chi connectivity index (χ4n) is 2.40. The molecule has 0 N–H and O–H groups in total. The van der Waals surface area contributed by atoms with E-state index in [-0.39, 0.29) is 10.6 Å². The van der Waals surface area contributed by atoms with Crippen molar-refractivity contribution in [1.29, 1.82) is 0 Å². The second-order valence-corrected chi connectivity index (χ2v) is 13.9. The van der Waals surface area contributed by atoms with Crippen LogP contribution in [-0.2, 0) is 4.43 Å². The van der Waals surface area contributed by atoms with Crippen LogP contribution in [0.25, 0.3) is 0 Å².